The van der Waals surface area contributed by atoms with Crippen LogP contribution in [0.4, 0.5) is 4.32 Å². The fourth-order valence-electron chi connectivity index (χ4n) is 0.260. The quantitative estimate of drug-likeness (QED) is 0.546. The average Bonchev–Trinajstić information content (AvgIpc) is 1.98. The Balaban J connectivity index is 3.44. The minimum absolute atomic E-state index is 0.579. The lowest BCUT2D eigenvalue weighted by atomic mass is 9.84. The van der Waals surface area contributed by atoms with Gasteiger partial charge in [-0.25, -0.2) is 0 Å². The van der Waals surface area contributed by atoms with Gasteiger partial charge in [0.2, 0.25) is 5.99 Å². The maximum atomic E-state index is 12.7. The Hall–Kier alpha value is 1.46. The summed E-state index contributed by atoms with van der Waals surface area (Å²) in [6.07, 6.45) is 0.879. The van der Waals surface area contributed by atoms with Gasteiger partial charge in [0.1, 0.15) is 0 Å². The van der Waals surface area contributed by atoms with Crippen molar-refractivity contribution in [1.29, 1.82) is 0 Å². The summed E-state index contributed by atoms with van der Waals surface area (Å²) in [5.74, 6) is 0.579. The second kappa shape index (κ2) is 9.03. The van der Waals surface area contributed by atoms with Gasteiger partial charge >= 0.3 is 6.27 Å². The summed E-state index contributed by atoms with van der Waals surface area (Å²) in [5.41, 5.74) is 0. The van der Waals surface area contributed by atoms with Crippen molar-refractivity contribution in [3.63, 3.8) is 0 Å². The first-order valence-corrected chi connectivity index (χ1v) is 9.41. The summed E-state index contributed by atoms with van der Waals surface area (Å²) in [7, 11) is 7.26. The predicted octanol–water partition coefficient (Wildman–Crippen LogP) is 4.23. The minimum atomic E-state index is -0.981. The summed E-state index contributed by atoms with van der Waals surface area (Å²) in [4.78, 5) is 0. The average molecular weight is 258 g/mol. The molecule has 0 saturated carbocycles. The maximum absolute atomic E-state index is 12.7. The van der Waals surface area contributed by atoms with Crippen LogP contribution in [-0.2, 0) is 0 Å². The summed E-state index contributed by atoms with van der Waals surface area (Å²) in [6, 6.07) is 0. The van der Waals surface area contributed by atoms with Gasteiger partial charge in [-0.2, -0.15) is 0 Å². The molecule has 0 aromatic rings. The van der Waals surface area contributed by atoms with Crippen molar-refractivity contribution in [3.8, 4) is 5.08 Å². The van der Waals surface area contributed by atoms with E-state index >= 15 is 0 Å². The van der Waals surface area contributed by atoms with Gasteiger partial charge in [-0.1, -0.05) is 39.6 Å². The van der Waals surface area contributed by atoms with Crippen LogP contribution in [0.15, 0.2) is 0 Å². The van der Waals surface area contributed by atoms with Crippen molar-refractivity contribution in [2.75, 3.05) is 6.26 Å². The van der Waals surface area contributed by atoms with Crippen LogP contribution in [0.2, 0.25) is 13.6 Å². The van der Waals surface area contributed by atoms with Crippen LogP contribution in [-0.4, -0.2) is 18.5 Å². The Bertz CT molecular complexity index is 167. The van der Waals surface area contributed by atoms with Crippen LogP contribution in [0.5, 0.6) is 0 Å². The van der Waals surface area contributed by atoms with E-state index in [2.05, 4.69) is 18.7 Å². The molecule has 0 saturated heterocycles. The zero-order valence-corrected chi connectivity index (χ0v) is 11.2. The van der Waals surface area contributed by atoms with E-state index < -0.39 is 6.27 Å². The second-order valence-electron chi connectivity index (χ2n) is 1.99. The third-order valence-corrected chi connectivity index (χ3v) is 6.34. The first-order chi connectivity index (χ1) is 5.66. The molecule has 68 valence electrons. The fraction of sp³-hybridized carbons (Fsp3) is 0.750. The van der Waals surface area contributed by atoms with Crippen molar-refractivity contribution in [2.24, 2.45) is 0 Å². The molecule has 0 atom stereocenters. The molecule has 0 unspecified atom stereocenters. The third-order valence-electron chi connectivity index (χ3n) is 0.587. The molecule has 12 heavy (non-hydrogen) atoms. The van der Waals surface area contributed by atoms with Gasteiger partial charge in [0.05, 0.1) is 0 Å². The van der Waals surface area contributed by atoms with Crippen LogP contribution < -0.4 is 0 Å². The van der Waals surface area contributed by atoms with Gasteiger partial charge in [0, 0.05) is 0 Å². The number of halogens is 1. The van der Waals surface area contributed by atoms with E-state index in [1.54, 1.807) is 20.5 Å². The molecule has 0 radical (unpaired) electrons. The van der Waals surface area contributed by atoms with E-state index in [4.69, 9.17) is 0 Å². The van der Waals surface area contributed by atoms with E-state index in [1.165, 1.54) is 31.6 Å². The van der Waals surface area contributed by atoms with E-state index in [-0.39, 0.29) is 0 Å². The highest BCUT2D eigenvalue weighted by Gasteiger charge is 2.09. The van der Waals surface area contributed by atoms with E-state index in [9.17, 15) is 4.32 Å². The molecule has 0 nitrogen and oxygen atoms in total. The Morgan fingerprint density at radius 3 is 2.42 bits per heavy atom. The van der Waals surface area contributed by atoms with Crippen molar-refractivity contribution >= 4 is 64.4 Å². The van der Waals surface area contributed by atoms with Gasteiger partial charge in [-0.3, -0.25) is 4.32 Å². The van der Waals surface area contributed by atoms with Gasteiger partial charge in [-0.05, 0) is 16.1 Å². The highest BCUT2D eigenvalue weighted by atomic mass is 33.5. The normalized spacial score (nSPS) is 9.00. The molecular weight excluding hydrogens is 249 g/mol. The molecule has 0 spiro atoms. The third kappa shape index (κ3) is 9.55. The predicted molar refractivity (Wildman–Crippen MR) is 72.1 cm³/mol. The Morgan fingerprint density at radius 1 is 1.25 bits per heavy atom. The van der Waals surface area contributed by atoms with Crippen LogP contribution in [0.1, 0.15) is 0 Å². The number of rotatable bonds is 4. The standard InChI is InChI=1S/C4H9B2FS5/c1-5(2)10-12-9-4-6(7)11-8-3/h1-3H3. The molecule has 0 amide bonds. The van der Waals surface area contributed by atoms with Crippen molar-refractivity contribution < 1.29 is 4.32 Å². The summed E-state index contributed by atoms with van der Waals surface area (Å²) >= 11 is 0. The highest BCUT2D eigenvalue weighted by Crippen LogP contribution is 2.31. The Kier molecular flexibility index (Phi) is 10.1. The van der Waals surface area contributed by atoms with Crippen molar-refractivity contribution in [3.05, 3.63) is 0 Å². The lowest BCUT2D eigenvalue weighted by molar-refractivity contribution is 0.880. The smallest absolute Gasteiger partial charge is 0.299 e. The van der Waals surface area contributed by atoms with Gasteiger partial charge < -0.3 is 0 Å². The summed E-state index contributed by atoms with van der Waals surface area (Å²) in [6.45, 7) is 4.23. The van der Waals surface area contributed by atoms with E-state index in [1.807, 2.05) is 6.26 Å². The lowest BCUT2D eigenvalue weighted by Gasteiger charge is -1.92. The maximum Gasteiger partial charge on any atom is 0.508 e. The molecule has 0 fully saturated rings. The molecular formula is C4H9B2FS5. The molecule has 0 aromatic heterocycles. The van der Waals surface area contributed by atoms with Crippen LogP contribution in [0.3, 0.4) is 0 Å². The molecule has 0 aliphatic carbocycles. The van der Waals surface area contributed by atoms with Gasteiger partial charge in [-0.15, -0.1) is 21.4 Å². The molecule has 0 aliphatic rings. The molecule has 0 heterocycles. The Labute approximate surface area is 93.1 Å². The molecule has 0 N–H and O–H groups in total. The molecule has 0 rings (SSSR count). The Morgan fingerprint density at radius 2 is 1.92 bits per heavy atom. The van der Waals surface area contributed by atoms with Crippen LogP contribution >= 0.6 is 52.1 Å². The first kappa shape index (κ1) is 13.5. The molecule has 0 bridgehead atoms. The van der Waals surface area contributed by atoms with E-state index in [0.717, 1.165) is 0 Å². The largest absolute Gasteiger partial charge is 0.508 e. The number of hydrogen-bond donors (Lipinski definition) is 0. The van der Waals surface area contributed by atoms with Crippen LogP contribution in [0.25, 0.3) is 0 Å². The molecule has 0 aromatic carbocycles. The second-order valence-corrected chi connectivity index (χ2v) is 8.89. The summed E-state index contributed by atoms with van der Waals surface area (Å²) in [5, 5.41) is 2.67. The zero-order valence-electron chi connectivity index (χ0n) is 7.07. The lowest BCUT2D eigenvalue weighted by Crippen LogP contribution is -1.89. The SMILES string of the molecule is CSSB(F)C#SSSB(C)C. The number of hydrogen-bond acceptors (Lipinski definition) is 4. The highest BCUT2D eigenvalue weighted by molar-refractivity contribution is 9.12. The van der Waals surface area contributed by atoms with Gasteiger partial charge in [0.15, 0.2) is 0 Å². The summed E-state index contributed by atoms with van der Waals surface area (Å²) < 4.78 is 12.7. The fourth-order valence-corrected chi connectivity index (χ4v) is 5.17. The zero-order chi connectivity index (χ0) is 9.40. The minimum Gasteiger partial charge on any atom is -0.299 e. The van der Waals surface area contributed by atoms with Gasteiger partial charge in [0.25, 0.3) is 0 Å². The van der Waals surface area contributed by atoms with Crippen molar-refractivity contribution in [2.45, 2.75) is 13.6 Å². The first-order valence-electron chi connectivity index (χ1n) is 3.25. The van der Waals surface area contributed by atoms with Crippen molar-refractivity contribution in [1.82, 2.24) is 0 Å². The molecule has 0 aliphatic heterocycles. The van der Waals surface area contributed by atoms with E-state index in [0.29, 0.717) is 5.99 Å². The monoisotopic (exact) mass is 258 g/mol. The van der Waals surface area contributed by atoms with Crippen LogP contribution in [0, 0.1) is 5.08 Å². The molecule has 8 heteroatoms. The topological polar surface area (TPSA) is 0 Å².